The zero-order chi connectivity index (χ0) is 14.3. The van der Waals surface area contributed by atoms with E-state index < -0.39 is 0 Å². The first-order valence-corrected chi connectivity index (χ1v) is 7.89. The van der Waals surface area contributed by atoms with Crippen molar-refractivity contribution in [2.75, 3.05) is 0 Å². The molecule has 2 aliphatic carbocycles. The van der Waals surface area contributed by atoms with Crippen molar-refractivity contribution < 1.29 is 4.79 Å². The monoisotopic (exact) mass is 295 g/mol. The lowest BCUT2D eigenvalue weighted by molar-refractivity contribution is -0.122. The highest BCUT2D eigenvalue weighted by Gasteiger charge is 2.42. The van der Waals surface area contributed by atoms with Gasteiger partial charge in [0.15, 0.2) is 0 Å². The number of carbonyl (C=O) groups excluding carboxylic acids is 1. The minimum atomic E-state index is 0.0273. The lowest BCUT2D eigenvalue weighted by atomic mass is 9.84. The number of nitrogens with one attached hydrogen (secondary N) is 1. The molecule has 0 saturated heterocycles. The largest absolute Gasteiger partial charge is 0.352 e. The number of nitrogens with zero attached hydrogens (tertiary/aromatic N) is 2. The first-order chi connectivity index (χ1) is 9.52. The summed E-state index contributed by atoms with van der Waals surface area (Å²) in [6.45, 7) is 4.23. The summed E-state index contributed by atoms with van der Waals surface area (Å²) in [6, 6.07) is 0.268. The van der Waals surface area contributed by atoms with Crippen LogP contribution in [0.2, 0.25) is 5.02 Å². The zero-order valence-electron chi connectivity index (χ0n) is 12.1. The van der Waals surface area contributed by atoms with Crippen LogP contribution in [0.4, 0.5) is 0 Å². The average molecular weight is 296 g/mol. The summed E-state index contributed by atoms with van der Waals surface area (Å²) in [5.41, 5.74) is 0.764. The quantitative estimate of drug-likeness (QED) is 0.928. The van der Waals surface area contributed by atoms with E-state index in [9.17, 15) is 4.79 Å². The third-order valence-electron chi connectivity index (χ3n) is 5.02. The number of halogens is 1. The first-order valence-electron chi connectivity index (χ1n) is 7.52. The molecule has 0 spiro atoms. The van der Waals surface area contributed by atoms with E-state index in [1.165, 1.54) is 25.7 Å². The Labute approximate surface area is 124 Å². The number of aryl methyl sites for hydroxylation is 1. The Kier molecular flexibility index (Phi) is 3.76. The highest BCUT2D eigenvalue weighted by atomic mass is 35.5. The Hall–Kier alpha value is -1.03. The lowest BCUT2D eigenvalue weighted by Crippen LogP contribution is -2.41. The number of hydrogen-bond acceptors (Lipinski definition) is 2. The molecule has 2 bridgehead atoms. The van der Waals surface area contributed by atoms with Gasteiger partial charge >= 0.3 is 0 Å². The summed E-state index contributed by atoms with van der Waals surface area (Å²) in [5.74, 6) is 2.44. The molecular weight excluding hydrogens is 274 g/mol. The predicted octanol–water partition coefficient (Wildman–Crippen LogP) is 2.79. The molecule has 110 valence electrons. The minimum absolute atomic E-state index is 0.0273. The van der Waals surface area contributed by atoms with Gasteiger partial charge in [0.2, 0.25) is 5.91 Å². The van der Waals surface area contributed by atoms with Gasteiger partial charge in [-0.3, -0.25) is 9.48 Å². The SMILES string of the molecule is Cc1nn(CC(=O)N[C@H](C)[C@@H]2C[C@H]3CC[C@H]2C3)cc1Cl. The molecule has 1 amide bonds. The average Bonchev–Trinajstić information content (AvgIpc) is 3.06. The number of rotatable bonds is 4. The second-order valence-electron chi connectivity index (χ2n) is 6.45. The second-order valence-corrected chi connectivity index (χ2v) is 6.86. The van der Waals surface area contributed by atoms with Crippen molar-refractivity contribution in [3.63, 3.8) is 0 Å². The maximum absolute atomic E-state index is 12.1. The number of aromatic nitrogens is 2. The highest BCUT2D eigenvalue weighted by Crippen LogP contribution is 2.49. The van der Waals surface area contributed by atoms with Crippen molar-refractivity contribution in [1.82, 2.24) is 15.1 Å². The number of carbonyl (C=O) groups is 1. The first kappa shape index (κ1) is 13.9. The Balaban J connectivity index is 1.53. The molecule has 1 aromatic heterocycles. The molecule has 1 N–H and O–H groups in total. The maximum atomic E-state index is 12.1. The van der Waals surface area contributed by atoms with Crippen LogP contribution in [0.3, 0.4) is 0 Å². The van der Waals surface area contributed by atoms with Gasteiger partial charge in [-0.2, -0.15) is 5.10 Å². The molecular formula is C15H22ClN3O. The van der Waals surface area contributed by atoms with Crippen molar-refractivity contribution in [2.45, 2.75) is 52.1 Å². The topological polar surface area (TPSA) is 46.9 Å². The fourth-order valence-electron chi connectivity index (χ4n) is 4.03. The smallest absolute Gasteiger partial charge is 0.241 e. The van der Waals surface area contributed by atoms with E-state index in [1.807, 2.05) is 6.92 Å². The van der Waals surface area contributed by atoms with Crippen LogP contribution in [0.1, 0.15) is 38.3 Å². The molecule has 3 rings (SSSR count). The van der Waals surface area contributed by atoms with Crippen LogP contribution >= 0.6 is 11.6 Å². The molecule has 2 aliphatic rings. The molecule has 5 heteroatoms. The molecule has 4 nitrogen and oxygen atoms in total. The predicted molar refractivity (Wildman–Crippen MR) is 78.5 cm³/mol. The Morgan fingerprint density at radius 1 is 1.55 bits per heavy atom. The summed E-state index contributed by atoms with van der Waals surface area (Å²) >= 11 is 5.95. The van der Waals surface area contributed by atoms with Crippen LogP contribution in [-0.4, -0.2) is 21.7 Å². The molecule has 0 aliphatic heterocycles. The van der Waals surface area contributed by atoms with E-state index in [2.05, 4.69) is 17.3 Å². The van der Waals surface area contributed by atoms with Gasteiger partial charge in [-0.25, -0.2) is 0 Å². The van der Waals surface area contributed by atoms with Gasteiger partial charge in [0.25, 0.3) is 0 Å². The fourth-order valence-corrected chi connectivity index (χ4v) is 4.19. The summed E-state index contributed by atoms with van der Waals surface area (Å²) in [6.07, 6.45) is 7.12. The molecule has 20 heavy (non-hydrogen) atoms. The molecule has 4 atom stereocenters. The van der Waals surface area contributed by atoms with Crippen molar-refractivity contribution in [2.24, 2.45) is 17.8 Å². The standard InChI is InChI=1S/C15H22ClN3O/c1-9(13-6-11-3-4-12(13)5-11)17-15(20)8-19-7-14(16)10(2)18-19/h7,9,11-13H,3-6,8H2,1-2H3,(H,17,20)/t9-,11+,12+,13+/m1/s1. The molecule has 0 radical (unpaired) electrons. The van der Waals surface area contributed by atoms with Gasteiger partial charge in [0, 0.05) is 12.2 Å². The van der Waals surface area contributed by atoms with Crippen molar-refractivity contribution in [1.29, 1.82) is 0 Å². The van der Waals surface area contributed by atoms with Gasteiger partial charge in [0.05, 0.1) is 10.7 Å². The normalized spacial score (nSPS) is 29.6. The number of amides is 1. The van der Waals surface area contributed by atoms with E-state index in [4.69, 9.17) is 11.6 Å². The van der Waals surface area contributed by atoms with E-state index >= 15 is 0 Å². The Morgan fingerprint density at radius 3 is 2.90 bits per heavy atom. The third-order valence-corrected chi connectivity index (χ3v) is 5.39. The highest BCUT2D eigenvalue weighted by molar-refractivity contribution is 6.31. The molecule has 2 fully saturated rings. The molecule has 1 aromatic rings. The van der Waals surface area contributed by atoms with Crippen LogP contribution in [0.5, 0.6) is 0 Å². The van der Waals surface area contributed by atoms with Gasteiger partial charge in [-0.05, 0) is 50.9 Å². The van der Waals surface area contributed by atoms with Gasteiger partial charge < -0.3 is 5.32 Å². The molecule has 1 heterocycles. The Bertz CT molecular complexity index is 494. The van der Waals surface area contributed by atoms with E-state index in [0.29, 0.717) is 10.9 Å². The number of hydrogen-bond donors (Lipinski definition) is 1. The second kappa shape index (κ2) is 5.40. The van der Waals surface area contributed by atoms with Crippen LogP contribution in [0, 0.1) is 24.7 Å². The minimum Gasteiger partial charge on any atom is -0.352 e. The summed E-state index contributed by atoms with van der Waals surface area (Å²) in [4.78, 5) is 12.1. The molecule has 0 aromatic carbocycles. The summed E-state index contributed by atoms with van der Waals surface area (Å²) in [5, 5.41) is 7.97. The van der Waals surface area contributed by atoms with Gasteiger partial charge in [0.1, 0.15) is 6.54 Å². The molecule has 0 unspecified atom stereocenters. The van der Waals surface area contributed by atoms with Gasteiger partial charge in [-0.15, -0.1) is 0 Å². The van der Waals surface area contributed by atoms with E-state index in [-0.39, 0.29) is 18.5 Å². The number of fused-ring (bicyclic) bond motifs is 2. The molecule has 2 saturated carbocycles. The fraction of sp³-hybridized carbons (Fsp3) is 0.733. The maximum Gasteiger partial charge on any atom is 0.241 e. The van der Waals surface area contributed by atoms with Gasteiger partial charge in [-0.1, -0.05) is 18.0 Å². The van der Waals surface area contributed by atoms with Crippen molar-refractivity contribution >= 4 is 17.5 Å². The van der Waals surface area contributed by atoms with E-state index in [0.717, 1.165) is 17.5 Å². The van der Waals surface area contributed by atoms with Crippen LogP contribution < -0.4 is 5.32 Å². The van der Waals surface area contributed by atoms with Crippen molar-refractivity contribution in [3.05, 3.63) is 16.9 Å². The lowest BCUT2D eigenvalue weighted by Gasteiger charge is -2.28. The summed E-state index contributed by atoms with van der Waals surface area (Å²) < 4.78 is 1.61. The zero-order valence-corrected chi connectivity index (χ0v) is 12.9. The van der Waals surface area contributed by atoms with Crippen LogP contribution in [0.25, 0.3) is 0 Å². The van der Waals surface area contributed by atoms with Crippen LogP contribution in [0.15, 0.2) is 6.20 Å². The van der Waals surface area contributed by atoms with Crippen molar-refractivity contribution in [3.8, 4) is 0 Å². The van der Waals surface area contributed by atoms with E-state index in [1.54, 1.807) is 10.9 Å². The van der Waals surface area contributed by atoms with Crippen LogP contribution in [-0.2, 0) is 11.3 Å². The third kappa shape index (κ3) is 2.71. The summed E-state index contributed by atoms with van der Waals surface area (Å²) in [7, 11) is 0. The Morgan fingerprint density at radius 2 is 2.35 bits per heavy atom.